The van der Waals surface area contributed by atoms with Gasteiger partial charge in [0.1, 0.15) is 12.2 Å². The number of ether oxygens (including phenoxy) is 2. The topological polar surface area (TPSA) is 18.5 Å². The molecule has 0 N–H and O–H groups in total. The van der Waals surface area contributed by atoms with E-state index in [-0.39, 0.29) is 12.2 Å². The van der Waals surface area contributed by atoms with Gasteiger partial charge in [-0.05, 0) is 27.7 Å². The molecule has 1 fully saturated rings. The fraction of sp³-hybridized carbons (Fsp3) is 0.636. The second kappa shape index (κ2) is 4.07. The molecule has 1 saturated heterocycles. The van der Waals surface area contributed by atoms with E-state index in [0.717, 1.165) is 0 Å². The summed E-state index contributed by atoms with van der Waals surface area (Å²) in [6, 6.07) is 0. The molecule has 1 aliphatic rings. The molecule has 0 saturated carbocycles. The SMILES string of the molecule is C/C=C/[C@H]1OC(C)(C)O[C@@H]1/C=C/C. The molecule has 0 spiro atoms. The summed E-state index contributed by atoms with van der Waals surface area (Å²) < 4.78 is 11.4. The molecule has 0 aromatic heterocycles. The minimum absolute atomic E-state index is 0.0520. The second-order valence-corrected chi connectivity index (χ2v) is 3.62. The van der Waals surface area contributed by atoms with Gasteiger partial charge < -0.3 is 9.47 Å². The van der Waals surface area contributed by atoms with Gasteiger partial charge in [-0.3, -0.25) is 0 Å². The third kappa shape index (κ3) is 2.68. The quantitative estimate of drug-likeness (QED) is 0.611. The minimum Gasteiger partial charge on any atom is -0.340 e. The van der Waals surface area contributed by atoms with Crippen LogP contribution in [0.15, 0.2) is 24.3 Å². The van der Waals surface area contributed by atoms with E-state index in [9.17, 15) is 0 Å². The first-order valence-corrected chi connectivity index (χ1v) is 4.70. The molecule has 0 aromatic rings. The summed E-state index contributed by atoms with van der Waals surface area (Å²) in [4.78, 5) is 0. The summed E-state index contributed by atoms with van der Waals surface area (Å²) in [6.07, 6.45) is 8.14. The van der Waals surface area contributed by atoms with E-state index in [1.54, 1.807) is 0 Å². The molecule has 1 aliphatic heterocycles. The Hall–Kier alpha value is -0.600. The molecular formula is C11H18O2. The Kier molecular flexibility index (Phi) is 3.28. The molecule has 1 rings (SSSR count). The van der Waals surface area contributed by atoms with Crippen LogP contribution in [0, 0.1) is 0 Å². The van der Waals surface area contributed by atoms with Gasteiger partial charge in [-0.25, -0.2) is 0 Å². The monoisotopic (exact) mass is 182 g/mol. The first kappa shape index (κ1) is 10.5. The zero-order valence-electron chi connectivity index (χ0n) is 8.78. The normalized spacial score (nSPS) is 33.5. The molecule has 2 atom stereocenters. The highest BCUT2D eigenvalue weighted by Gasteiger charge is 2.38. The first-order valence-electron chi connectivity index (χ1n) is 4.70. The van der Waals surface area contributed by atoms with Gasteiger partial charge in [-0.15, -0.1) is 0 Å². The fourth-order valence-corrected chi connectivity index (χ4v) is 1.49. The summed E-state index contributed by atoms with van der Waals surface area (Å²) in [5, 5.41) is 0. The molecule has 1 heterocycles. The van der Waals surface area contributed by atoms with E-state index in [1.807, 2.05) is 52.0 Å². The van der Waals surface area contributed by atoms with Crippen molar-refractivity contribution in [3.63, 3.8) is 0 Å². The predicted molar refractivity (Wildman–Crippen MR) is 53.5 cm³/mol. The number of hydrogen-bond acceptors (Lipinski definition) is 2. The van der Waals surface area contributed by atoms with E-state index in [2.05, 4.69) is 0 Å². The Balaban J connectivity index is 2.71. The lowest BCUT2D eigenvalue weighted by Crippen LogP contribution is -2.20. The highest BCUT2D eigenvalue weighted by molar-refractivity contribution is 5.04. The van der Waals surface area contributed by atoms with Gasteiger partial charge in [0.2, 0.25) is 0 Å². The number of allylic oxidation sites excluding steroid dienone is 2. The van der Waals surface area contributed by atoms with Crippen LogP contribution in [0.2, 0.25) is 0 Å². The Morgan fingerprint density at radius 1 is 0.923 bits per heavy atom. The zero-order chi connectivity index (χ0) is 9.90. The summed E-state index contributed by atoms with van der Waals surface area (Å²) >= 11 is 0. The van der Waals surface area contributed by atoms with Gasteiger partial charge in [-0.1, -0.05) is 24.3 Å². The van der Waals surface area contributed by atoms with Crippen LogP contribution >= 0.6 is 0 Å². The molecule has 0 aliphatic carbocycles. The molecule has 0 amide bonds. The predicted octanol–water partition coefficient (Wildman–Crippen LogP) is 2.66. The zero-order valence-corrected chi connectivity index (χ0v) is 8.78. The minimum atomic E-state index is -0.464. The fourth-order valence-electron chi connectivity index (χ4n) is 1.49. The van der Waals surface area contributed by atoms with Crippen molar-refractivity contribution >= 4 is 0 Å². The Morgan fingerprint density at radius 2 is 1.31 bits per heavy atom. The molecule has 2 nitrogen and oxygen atoms in total. The standard InChI is InChI=1S/C11H18O2/c1-5-7-9-10(8-6-2)13-11(3,4)12-9/h5-10H,1-4H3/b7-5+,8-6+/t9-,10-/m1/s1. The molecule has 0 radical (unpaired) electrons. The lowest BCUT2D eigenvalue weighted by atomic mass is 10.2. The first-order chi connectivity index (χ1) is 6.09. The van der Waals surface area contributed by atoms with Gasteiger partial charge >= 0.3 is 0 Å². The van der Waals surface area contributed by atoms with E-state index in [1.165, 1.54) is 0 Å². The highest BCUT2D eigenvalue weighted by atomic mass is 16.7. The maximum Gasteiger partial charge on any atom is 0.164 e. The van der Waals surface area contributed by atoms with Crippen LogP contribution in [0.4, 0.5) is 0 Å². The highest BCUT2D eigenvalue weighted by Crippen LogP contribution is 2.29. The van der Waals surface area contributed by atoms with Crippen LogP contribution in [0.5, 0.6) is 0 Å². The third-order valence-corrected chi connectivity index (χ3v) is 1.93. The Bertz CT molecular complexity index is 194. The average Bonchev–Trinajstić information content (AvgIpc) is 2.28. The van der Waals surface area contributed by atoms with Crippen LogP contribution in [0.1, 0.15) is 27.7 Å². The van der Waals surface area contributed by atoms with Crippen molar-refractivity contribution in [1.29, 1.82) is 0 Å². The van der Waals surface area contributed by atoms with Crippen LogP contribution in [-0.4, -0.2) is 18.0 Å². The number of rotatable bonds is 2. The van der Waals surface area contributed by atoms with Crippen molar-refractivity contribution < 1.29 is 9.47 Å². The van der Waals surface area contributed by atoms with Crippen molar-refractivity contribution in [3.05, 3.63) is 24.3 Å². The third-order valence-electron chi connectivity index (χ3n) is 1.93. The van der Waals surface area contributed by atoms with Gasteiger partial charge in [0, 0.05) is 0 Å². The molecule has 74 valence electrons. The molecular weight excluding hydrogens is 164 g/mol. The van der Waals surface area contributed by atoms with E-state index < -0.39 is 5.79 Å². The van der Waals surface area contributed by atoms with Gasteiger partial charge in [0.15, 0.2) is 5.79 Å². The largest absolute Gasteiger partial charge is 0.340 e. The van der Waals surface area contributed by atoms with Gasteiger partial charge in [0.05, 0.1) is 0 Å². The van der Waals surface area contributed by atoms with Crippen molar-refractivity contribution in [2.75, 3.05) is 0 Å². The van der Waals surface area contributed by atoms with Gasteiger partial charge in [-0.2, -0.15) is 0 Å². The summed E-state index contributed by atoms with van der Waals surface area (Å²) in [5.74, 6) is -0.464. The van der Waals surface area contributed by atoms with Gasteiger partial charge in [0.25, 0.3) is 0 Å². The van der Waals surface area contributed by atoms with E-state index >= 15 is 0 Å². The Labute approximate surface area is 80.2 Å². The van der Waals surface area contributed by atoms with Crippen molar-refractivity contribution in [3.8, 4) is 0 Å². The van der Waals surface area contributed by atoms with Crippen molar-refractivity contribution in [2.45, 2.75) is 45.7 Å². The van der Waals surface area contributed by atoms with Crippen molar-refractivity contribution in [1.82, 2.24) is 0 Å². The van der Waals surface area contributed by atoms with Crippen molar-refractivity contribution in [2.24, 2.45) is 0 Å². The lowest BCUT2D eigenvalue weighted by Gasteiger charge is -2.15. The summed E-state index contributed by atoms with van der Waals surface area (Å²) in [7, 11) is 0. The van der Waals surface area contributed by atoms with Crippen LogP contribution in [0.3, 0.4) is 0 Å². The summed E-state index contributed by atoms with van der Waals surface area (Å²) in [6.45, 7) is 7.85. The maximum absolute atomic E-state index is 5.69. The van der Waals surface area contributed by atoms with E-state index in [4.69, 9.17) is 9.47 Å². The van der Waals surface area contributed by atoms with Crippen LogP contribution < -0.4 is 0 Å². The molecule has 13 heavy (non-hydrogen) atoms. The maximum atomic E-state index is 5.69. The number of hydrogen-bond donors (Lipinski definition) is 0. The lowest BCUT2D eigenvalue weighted by molar-refractivity contribution is -0.139. The smallest absolute Gasteiger partial charge is 0.164 e. The average molecular weight is 182 g/mol. The molecule has 0 unspecified atom stereocenters. The van der Waals surface area contributed by atoms with Crippen LogP contribution in [0.25, 0.3) is 0 Å². The van der Waals surface area contributed by atoms with E-state index in [0.29, 0.717) is 0 Å². The Morgan fingerprint density at radius 3 is 1.62 bits per heavy atom. The van der Waals surface area contributed by atoms with Crippen LogP contribution in [-0.2, 0) is 9.47 Å². The molecule has 2 heteroatoms. The molecule has 0 aromatic carbocycles. The molecule has 0 bridgehead atoms. The summed E-state index contributed by atoms with van der Waals surface area (Å²) in [5.41, 5.74) is 0. The second-order valence-electron chi connectivity index (χ2n) is 3.62.